The molecule has 3 heterocycles. The van der Waals surface area contributed by atoms with Crippen LogP contribution < -0.4 is 0 Å². The Balaban J connectivity index is 1.34. The quantitative estimate of drug-likeness (QED) is 0.917. The number of nitrogens with zero attached hydrogens (tertiary/aromatic N) is 2. The van der Waals surface area contributed by atoms with Crippen LogP contribution in [0.4, 0.5) is 0 Å². The molecular formula is C21H29N3O2. The summed E-state index contributed by atoms with van der Waals surface area (Å²) in [6.45, 7) is 5.93. The molecule has 5 heteroatoms. The number of piperidine rings is 1. The summed E-state index contributed by atoms with van der Waals surface area (Å²) in [6.07, 6.45) is 5.73. The second-order valence-corrected chi connectivity index (χ2v) is 7.84. The fraction of sp³-hybridized carbons (Fsp3) is 0.571. The molecule has 1 atom stereocenters. The van der Waals surface area contributed by atoms with Gasteiger partial charge in [-0.1, -0.05) is 25.1 Å². The predicted octanol–water partition coefficient (Wildman–Crippen LogP) is 2.81. The zero-order valence-corrected chi connectivity index (χ0v) is 15.8. The van der Waals surface area contributed by atoms with E-state index in [1.165, 1.54) is 16.5 Å². The maximum atomic E-state index is 12.2. The van der Waals surface area contributed by atoms with Crippen LogP contribution in [0.15, 0.2) is 30.5 Å². The highest BCUT2D eigenvalue weighted by Crippen LogP contribution is 2.33. The zero-order valence-electron chi connectivity index (χ0n) is 15.8. The Labute approximate surface area is 155 Å². The van der Waals surface area contributed by atoms with Crippen molar-refractivity contribution in [2.45, 2.75) is 44.3 Å². The highest BCUT2D eigenvalue weighted by Gasteiger charge is 2.44. The van der Waals surface area contributed by atoms with Gasteiger partial charge in [0.1, 0.15) is 6.10 Å². The standard InChI is InChI=1S/C21H29N3O2/c1-3-19-20(25)23(2)15-21(26-19)9-12-24(13-10-21)11-8-16-14-22-18-7-5-4-6-17(16)18/h4-7,14,19,22H,3,8-13,15H2,1-2H3. The van der Waals surface area contributed by atoms with Gasteiger partial charge in [-0.05, 0) is 37.3 Å². The summed E-state index contributed by atoms with van der Waals surface area (Å²) in [6, 6.07) is 8.50. The first-order valence-corrected chi connectivity index (χ1v) is 9.80. The molecule has 0 aliphatic carbocycles. The molecule has 26 heavy (non-hydrogen) atoms. The van der Waals surface area contributed by atoms with Crippen molar-refractivity contribution < 1.29 is 9.53 Å². The monoisotopic (exact) mass is 355 g/mol. The van der Waals surface area contributed by atoms with E-state index in [1.54, 1.807) is 0 Å². The molecule has 4 rings (SSSR count). The zero-order chi connectivity index (χ0) is 18.1. The third-order valence-corrected chi connectivity index (χ3v) is 6.08. The van der Waals surface area contributed by atoms with Crippen LogP contribution in [-0.2, 0) is 16.0 Å². The van der Waals surface area contributed by atoms with E-state index in [0.717, 1.165) is 51.9 Å². The number of aromatic amines is 1. The number of likely N-dealkylation sites (tertiary alicyclic amines) is 1. The molecule has 1 aromatic heterocycles. The Morgan fingerprint density at radius 3 is 2.81 bits per heavy atom. The minimum absolute atomic E-state index is 0.138. The van der Waals surface area contributed by atoms with Gasteiger partial charge in [0.15, 0.2) is 0 Å². The van der Waals surface area contributed by atoms with E-state index in [2.05, 4.69) is 40.3 Å². The molecular weight excluding hydrogens is 326 g/mol. The first-order chi connectivity index (χ1) is 12.6. The Morgan fingerprint density at radius 2 is 2.04 bits per heavy atom. The van der Waals surface area contributed by atoms with E-state index in [-0.39, 0.29) is 17.6 Å². The molecule has 1 spiro atoms. The lowest BCUT2D eigenvalue weighted by atomic mass is 9.88. The van der Waals surface area contributed by atoms with Crippen LogP contribution in [0.1, 0.15) is 31.7 Å². The summed E-state index contributed by atoms with van der Waals surface area (Å²) in [5.41, 5.74) is 2.47. The summed E-state index contributed by atoms with van der Waals surface area (Å²) in [5, 5.41) is 1.34. The highest BCUT2D eigenvalue weighted by molar-refractivity contribution is 5.83. The summed E-state index contributed by atoms with van der Waals surface area (Å²) in [5.74, 6) is 0.139. The smallest absolute Gasteiger partial charge is 0.251 e. The number of morpholine rings is 1. The molecule has 140 valence electrons. The van der Waals surface area contributed by atoms with Gasteiger partial charge in [0.2, 0.25) is 0 Å². The lowest BCUT2D eigenvalue weighted by Gasteiger charge is -2.48. The van der Waals surface area contributed by atoms with E-state index >= 15 is 0 Å². The molecule has 0 radical (unpaired) electrons. The molecule has 1 amide bonds. The Bertz CT molecular complexity index is 776. The first kappa shape index (κ1) is 17.6. The van der Waals surface area contributed by atoms with Crippen molar-refractivity contribution in [3.05, 3.63) is 36.0 Å². The average Bonchev–Trinajstić information content (AvgIpc) is 3.08. The minimum atomic E-state index is -0.258. The Kier molecular flexibility index (Phi) is 4.76. The predicted molar refractivity (Wildman–Crippen MR) is 103 cm³/mol. The van der Waals surface area contributed by atoms with Gasteiger partial charge in [-0.2, -0.15) is 0 Å². The summed E-state index contributed by atoms with van der Waals surface area (Å²) >= 11 is 0. The molecule has 1 aromatic carbocycles. The van der Waals surface area contributed by atoms with Crippen molar-refractivity contribution in [3.63, 3.8) is 0 Å². The normalized spacial score (nSPS) is 23.8. The molecule has 2 saturated heterocycles. The van der Waals surface area contributed by atoms with Gasteiger partial charge in [0, 0.05) is 50.3 Å². The van der Waals surface area contributed by atoms with Crippen LogP contribution in [0.25, 0.3) is 10.9 Å². The van der Waals surface area contributed by atoms with Gasteiger partial charge < -0.3 is 19.5 Å². The van der Waals surface area contributed by atoms with Gasteiger partial charge >= 0.3 is 0 Å². The van der Waals surface area contributed by atoms with Crippen LogP contribution in [0.3, 0.4) is 0 Å². The number of carbonyl (C=O) groups excluding carboxylic acids is 1. The van der Waals surface area contributed by atoms with E-state index in [1.807, 2.05) is 18.9 Å². The Hall–Kier alpha value is -1.85. The number of hydrogen-bond donors (Lipinski definition) is 1. The van der Waals surface area contributed by atoms with Crippen LogP contribution in [-0.4, -0.2) is 65.6 Å². The molecule has 2 aliphatic rings. The van der Waals surface area contributed by atoms with E-state index in [4.69, 9.17) is 4.74 Å². The number of aromatic nitrogens is 1. The van der Waals surface area contributed by atoms with Crippen molar-refractivity contribution in [1.82, 2.24) is 14.8 Å². The second kappa shape index (κ2) is 7.05. The van der Waals surface area contributed by atoms with Crippen molar-refractivity contribution in [2.24, 2.45) is 0 Å². The minimum Gasteiger partial charge on any atom is -0.361 e. The number of amides is 1. The maximum Gasteiger partial charge on any atom is 0.251 e. The number of likely N-dealkylation sites (N-methyl/N-ethyl adjacent to an activating group) is 1. The largest absolute Gasteiger partial charge is 0.361 e. The molecule has 2 aliphatic heterocycles. The summed E-state index contributed by atoms with van der Waals surface area (Å²) < 4.78 is 6.28. The lowest BCUT2D eigenvalue weighted by Crippen LogP contribution is -2.60. The fourth-order valence-corrected chi connectivity index (χ4v) is 4.48. The molecule has 1 unspecified atom stereocenters. The maximum absolute atomic E-state index is 12.2. The van der Waals surface area contributed by atoms with Crippen LogP contribution >= 0.6 is 0 Å². The number of carbonyl (C=O) groups is 1. The van der Waals surface area contributed by atoms with Crippen molar-refractivity contribution in [1.29, 1.82) is 0 Å². The van der Waals surface area contributed by atoms with Crippen molar-refractivity contribution in [3.8, 4) is 0 Å². The van der Waals surface area contributed by atoms with E-state index in [9.17, 15) is 4.79 Å². The van der Waals surface area contributed by atoms with E-state index in [0.29, 0.717) is 0 Å². The fourth-order valence-electron chi connectivity index (χ4n) is 4.48. The molecule has 0 saturated carbocycles. The summed E-state index contributed by atoms with van der Waals surface area (Å²) in [4.78, 5) is 20.0. The van der Waals surface area contributed by atoms with Crippen LogP contribution in [0, 0.1) is 0 Å². The number of ether oxygens (including phenoxy) is 1. The number of rotatable bonds is 4. The molecule has 1 N–H and O–H groups in total. The van der Waals surface area contributed by atoms with Gasteiger partial charge in [-0.15, -0.1) is 0 Å². The van der Waals surface area contributed by atoms with Crippen molar-refractivity contribution in [2.75, 3.05) is 33.2 Å². The lowest BCUT2D eigenvalue weighted by molar-refractivity contribution is -0.190. The topological polar surface area (TPSA) is 48.6 Å². The molecule has 2 aromatic rings. The number of H-pyrrole nitrogens is 1. The summed E-state index contributed by atoms with van der Waals surface area (Å²) in [7, 11) is 1.92. The third-order valence-electron chi connectivity index (χ3n) is 6.08. The third kappa shape index (κ3) is 3.26. The number of nitrogens with one attached hydrogen (secondary N) is 1. The number of para-hydroxylation sites is 1. The Morgan fingerprint density at radius 1 is 1.27 bits per heavy atom. The number of benzene rings is 1. The molecule has 0 bridgehead atoms. The van der Waals surface area contributed by atoms with E-state index < -0.39 is 0 Å². The van der Waals surface area contributed by atoms with Gasteiger partial charge in [-0.3, -0.25) is 4.79 Å². The van der Waals surface area contributed by atoms with Crippen LogP contribution in [0.5, 0.6) is 0 Å². The highest BCUT2D eigenvalue weighted by atomic mass is 16.5. The van der Waals surface area contributed by atoms with Crippen LogP contribution in [0.2, 0.25) is 0 Å². The SMILES string of the molecule is CCC1OC2(CCN(CCc3c[nH]c4ccccc34)CC2)CN(C)C1=O. The second-order valence-electron chi connectivity index (χ2n) is 7.84. The van der Waals surface area contributed by atoms with Gasteiger partial charge in [0.05, 0.1) is 5.60 Å². The molecule has 2 fully saturated rings. The van der Waals surface area contributed by atoms with Gasteiger partial charge in [0.25, 0.3) is 5.91 Å². The number of hydrogen-bond acceptors (Lipinski definition) is 3. The number of fused-ring (bicyclic) bond motifs is 1. The molecule has 5 nitrogen and oxygen atoms in total. The first-order valence-electron chi connectivity index (χ1n) is 9.80. The van der Waals surface area contributed by atoms with Crippen molar-refractivity contribution >= 4 is 16.8 Å². The van der Waals surface area contributed by atoms with Gasteiger partial charge in [-0.25, -0.2) is 0 Å². The average molecular weight is 355 g/mol.